The summed E-state index contributed by atoms with van der Waals surface area (Å²) in [5, 5.41) is 3.65. The number of nitrogens with zero attached hydrogens (tertiary/aromatic N) is 1. The maximum atomic E-state index is 12.6. The molecule has 1 aromatic carbocycles. The molecule has 1 saturated carbocycles. The van der Waals surface area contributed by atoms with Crippen molar-refractivity contribution < 1.29 is 13.2 Å². The first-order valence-corrected chi connectivity index (χ1v) is 7.60. The standard InChI is InChI=1S/C16H21F3N2/c17-16(18,19)14-5-3-13(4-6-14)11-21-10-9-20-15(12-21)7-1-2-8-15/h3-6,20H,1-2,7-12H2. The van der Waals surface area contributed by atoms with Gasteiger partial charge in [0.05, 0.1) is 5.56 Å². The molecular weight excluding hydrogens is 277 g/mol. The highest BCUT2D eigenvalue weighted by atomic mass is 19.4. The zero-order valence-electron chi connectivity index (χ0n) is 12.0. The average Bonchev–Trinajstić information content (AvgIpc) is 2.86. The Morgan fingerprint density at radius 3 is 2.38 bits per heavy atom. The lowest BCUT2D eigenvalue weighted by molar-refractivity contribution is -0.137. The SMILES string of the molecule is FC(F)(F)c1ccc(CN2CCNC3(CCCC3)C2)cc1. The molecule has 2 nitrogen and oxygen atoms in total. The van der Waals surface area contributed by atoms with Crippen molar-refractivity contribution in [2.45, 2.75) is 43.9 Å². The van der Waals surface area contributed by atoms with Crippen molar-refractivity contribution in [2.75, 3.05) is 19.6 Å². The van der Waals surface area contributed by atoms with Crippen molar-refractivity contribution >= 4 is 0 Å². The lowest BCUT2D eigenvalue weighted by Crippen LogP contribution is -2.58. The van der Waals surface area contributed by atoms with Gasteiger partial charge in [-0.1, -0.05) is 25.0 Å². The molecule has 0 aromatic heterocycles. The van der Waals surface area contributed by atoms with E-state index in [2.05, 4.69) is 10.2 Å². The van der Waals surface area contributed by atoms with E-state index in [-0.39, 0.29) is 5.54 Å². The summed E-state index contributed by atoms with van der Waals surface area (Å²) in [6.45, 7) is 3.68. The van der Waals surface area contributed by atoms with Crippen molar-refractivity contribution in [3.05, 3.63) is 35.4 Å². The fourth-order valence-corrected chi connectivity index (χ4v) is 3.62. The van der Waals surface area contributed by atoms with Crippen LogP contribution in [0.5, 0.6) is 0 Å². The maximum Gasteiger partial charge on any atom is 0.416 e. The van der Waals surface area contributed by atoms with Crippen LogP contribution in [0.15, 0.2) is 24.3 Å². The second kappa shape index (κ2) is 5.61. The van der Waals surface area contributed by atoms with Crippen molar-refractivity contribution in [3.63, 3.8) is 0 Å². The highest BCUT2D eigenvalue weighted by Gasteiger charge is 2.37. The first-order chi connectivity index (χ1) is 9.97. The van der Waals surface area contributed by atoms with Gasteiger partial charge in [-0.05, 0) is 30.5 Å². The van der Waals surface area contributed by atoms with Crippen LogP contribution in [0.3, 0.4) is 0 Å². The topological polar surface area (TPSA) is 15.3 Å². The third-order valence-electron chi connectivity index (χ3n) is 4.70. The monoisotopic (exact) mass is 298 g/mol. The van der Waals surface area contributed by atoms with Gasteiger partial charge in [0.15, 0.2) is 0 Å². The van der Waals surface area contributed by atoms with Crippen LogP contribution >= 0.6 is 0 Å². The van der Waals surface area contributed by atoms with Crippen LogP contribution in [0.4, 0.5) is 13.2 Å². The first kappa shape index (κ1) is 14.9. The molecule has 1 spiro atoms. The molecule has 0 unspecified atom stereocenters. The Hall–Kier alpha value is -1.07. The van der Waals surface area contributed by atoms with Crippen molar-refractivity contribution in [1.29, 1.82) is 0 Å². The summed E-state index contributed by atoms with van der Waals surface area (Å²) in [6.07, 6.45) is 0.747. The third kappa shape index (κ3) is 3.40. The van der Waals surface area contributed by atoms with Gasteiger partial charge in [0.1, 0.15) is 0 Å². The summed E-state index contributed by atoms with van der Waals surface area (Å²) in [7, 11) is 0. The molecule has 1 aliphatic carbocycles. The Morgan fingerprint density at radius 1 is 1.10 bits per heavy atom. The lowest BCUT2D eigenvalue weighted by atomic mass is 9.94. The highest BCUT2D eigenvalue weighted by Crippen LogP contribution is 2.33. The summed E-state index contributed by atoms with van der Waals surface area (Å²) in [5.41, 5.74) is 0.640. The zero-order valence-corrected chi connectivity index (χ0v) is 12.0. The van der Waals surface area contributed by atoms with Gasteiger partial charge in [0.25, 0.3) is 0 Å². The van der Waals surface area contributed by atoms with Gasteiger partial charge in [0, 0.05) is 31.7 Å². The molecule has 0 radical (unpaired) electrons. The molecule has 0 amide bonds. The molecule has 1 heterocycles. The van der Waals surface area contributed by atoms with E-state index in [1.807, 2.05) is 0 Å². The summed E-state index contributed by atoms with van der Waals surface area (Å²) in [4.78, 5) is 2.37. The molecule has 2 aliphatic rings. The van der Waals surface area contributed by atoms with Crippen LogP contribution in [0.2, 0.25) is 0 Å². The molecule has 116 valence electrons. The quantitative estimate of drug-likeness (QED) is 0.900. The number of hydrogen-bond acceptors (Lipinski definition) is 2. The van der Waals surface area contributed by atoms with Crippen molar-refractivity contribution in [1.82, 2.24) is 10.2 Å². The Balaban J connectivity index is 1.63. The van der Waals surface area contributed by atoms with E-state index in [1.54, 1.807) is 12.1 Å². The molecule has 21 heavy (non-hydrogen) atoms. The van der Waals surface area contributed by atoms with E-state index in [0.29, 0.717) is 0 Å². The number of nitrogens with one attached hydrogen (secondary N) is 1. The highest BCUT2D eigenvalue weighted by molar-refractivity contribution is 5.24. The van der Waals surface area contributed by atoms with Crippen LogP contribution in [-0.2, 0) is 12.7 Å². The van der Waals surface area contributed by atoms with Crippen LogP contribution < -0.4 is 5.32 Å². The van der Waals surface area contributed by atoms with E-state index in [4.69, 9.17) is 0 Å². The number of rotatable bonds is 2. The lowest BCUT2D eigenvalue weighted by Gasteiger charge is -2.41. The third-order valence-corrected chi connectivity index (χ3v) is 4.70. The number of hydrogen-bond donors (Lipinski definition) is 1. The number of alkyl halides is 3. The van der Waals surface area contributed by atoms with Gasteiger partial charge in [0.2, 0.25) is 0 Å². The van der Waals surface area contributed by atoms with E-state index in [9.17, 15) is 13.2 Å². The normalized spacial score (nSPS) is 22.8. The molecule has 3 rings (SSSR count). The fourth-order valence-electron chi connectivity index (χ4n) is 3.62. The summed E-state index contributed by atoms with van der Waals surface area (Å²) in [6, 6.07) is 5.57. The van der Waals surface area contributed by atoms with Crippen molar-refractivity contribution in [3.8, 4) is 0 Å². The summed E-state index contributed by atoms with van der Waals surface area (Å²) in [5.74, 6) is 0. The van der Waals surface area contributed by atoms with Crippen LogP contribution in [0.25, 0.3) is 0 Å². The van der Waals surface area contributed by atoms with Crippen molar-refractivity contribution in [2.24, 2.45) is 0 Å². The predicted molar refractivity (Wildman–Crippen MR) is 75.9 cm³/mol. The van der Waals surface area contributed by atoms with E-state index in [1.165, 1.54) is 37.8 Å². The van der Waals surface area contributed by atoms with Gasteiger partial charge in [-0.3, -0.25) is 4.90 Å². The van der Waals surface area contributed by atoms with Crippen LogP contribution in [0, 0.1) is 0 Å². The van der Waals surface area contributed by atoms with Gasteiger partial charge in [-0.25, -0.2) is 0 Å². The summed E-state index contributed by atoms with van der Waals surface area (Å²) < 4.78 is 37.7. The van der Waals surface area contributed by atoms with Gasteiger partial charge in [-0.15, -0.1) is 0 Å². The summed E-state index contributed by atoms with van der Waals surface area (Å²) >= 11 is 0. The molecule has 2 fully saturated rings. The van der Waals surface area contributed by atoms with E-state index >= 15 is 0 Å². The molecule has 1 saturated heterocycles. The fraction of sp³-hybridized carbons (Fsp3) is 0.625. The van der Waals surface area contributed by atoms with Gasteiger partial charge < -0.3 is 5.32 Å². The van der Waals surface area contributed by atoms with Crippen LogP contribution in [-0.4, -0.2) is 30.1 Å². The Morgan fingerprint density at radius 2 is 1.76 bits per heavy atom. The molecule has 0 bridgehead atoms. The predicted octanol–water partition coefficient (Wildman–Crippen LogP) is 3.42. The zero-order chi connectivity index (χ0) is 14.9. The minimum atomic E-state index is -4.25. The van der Waals surface area contributed by atoms with E-state index < -0.39 is 11.7 Å². The minimum Gasteiger partial charge on any atom is -0.309 e. The maximum absolute atomic E-state index is 12.6. The van der Waals surface area contributed by atoms with Gasteiger partial charge in [-0.2, -0.15) is 13.2 Å². The first-order valence-electron chi connectivity index (χ1n) is 7.60. The molecule has 1 N–H and O–H groups in total. The Kier molecular flexibility index (Phi) is 3.97. The molecule has 5 heteroatoms. The number of benzene rings is 1. The largest absolute Gasteiger partial charge is 0.416 e. The molecule has 1 aromatic rings. The Bertz CT molecular complexity index is 475. The molecular formula is C16H21F3N2. The molecule has 0 atom stereocenters. The minimum absolute atomic E-state index is 0.254. The Labute approximate surface area is 123 Å². The average molecular weight is 298 g/mol. The second-order valence-electron chi connectivity index (χ2n) is 6.32. The second-order valence-corrected chi connectivity index (χ2v) is 6.32. The van der Waals surface area contributed by atoms with Crippen LogP contribution in [0.1, 0.15) is 36.8 Å². The molecule has 1 aliphatic heterocycles. The van der Waals surface area contributed by atoms with E-state index in [0.717, 1.165) is 31.7 Å². The smallest absolute Gasteiger partial charge is 0.309 e. The van der Waals surface area contributed by atoms with Gasteiger partial charge >= 0.3 is 6.18 Å². The number of halogens is 3. The number of piperazine rings is 1.